The van der Waals surface area contributed by atoms with Crippen LogP contribution in [0.2, 0.25) is 0 Å². The van der Waals surface area contributed by atoms with Gasteiger partial charge in [0.25, 0.3) is 0 Å². The second-order valence-electron chi connectivity index (χ2n) is 3.20. The number of hydrogen-bond acceptors (Lipinski definition) is 1. The number of hydrogen-bond donors (Lipinski definition) is 0. The van der Waals surface area contributed by atoms with Crippen molar-refractivity contribution in [1.82, 2.24) is 4.90 Å². The van der Waals surface area contributed by atoms with Crippen LogP contribution in [0.25, 0.3) is 0 Å². The Kier molecular flexibility index (Phi) is 7.08. The van der Waals surface area contributed by atoms with Gasteiger partial charge in [0.15, 0.2) is 0 Å². The van der Waals surface area contributed by atoms with Crippen LogP contribution in [0.5, 0.6) is 0 Å². The van der Waals surface area contributed by atoms with Gasteiger partial charge in [0.1, 0.15) is 0 Å². The summed E-state index contributed by atoms with van der Waals surface area (Å²) in [6.07, 6.45) is 10.4. The third kappa shape index (κ3) is 6.21. The highest BCUT2D eigenvalue weighted by Crippen LogP contribution is 2.02. The first-order chi connectivity index (χ1) is 6.22. The molecule has 0 aromatic rings. The van der Waals surface area contributed by atoms with Crippen molar-refractivity contribution in [1.29, 1.82) is 0 Å². The molecule has 13 heavy (non-hydrogen) atoms. The van der Waals surface area contributed by atoms with Crippen molar-refractivity contribution < 1.29 is 0 Å². The summed E-state index contributed by atoms with van der Waals surface area (Å²) >= 11 is 0. The molecule has 0 aliphatic heterocycles. The average Bonchev–Trinajstić information content (AvgIpc) is 2.14. The molecule has 0 radical (unpaired) electrons. The summed E-state index contributed by atoms with van der Waals surface area (Å²) in [6.45, 7) is 9.10. The third-order valence-electron chi connectivity index (χ3n) is 2.03. The van der Waals surface area contributed by atoms with Crippen LogP contribution in [0.15, 0.2) is 36.6 Å². The Morgan fingerprint density at radius 2 is 2.08 bits per heavy atom. The Bertz CT molecular complexity index is 189. The number of allylic oxidation sites excluding steroid dienone is 5. The van der Waals surface area contributed by atoms with Crippen molar-refractivity contribution >= 4 is 0 Å². The van der Waals surface area contributed by atoms with Gasteiger partial charge in [0.05, 0.1) is 0 Å². The van der Waals surface area contributed by atoms with Crippen LogP contribution in [0.4, 0.5) is 0 Å². The summed E-state index contributed by atoms with van der Waals surface area (Å²) in [5.41, 5.74) is 1.30. The predicted molar refractivity (Wildman–Crippen MR) is 60.6 cm³/mol. The van der Waals surface area contributed by atoms with E-state index in [1.807, 2.05) is 12.2 Å². The fraction of sp³-hybridized carbons (Fsp3) is 0.500. The molecular formula is C12H21N. The number of rotatable bonds is 6. The second-order valence-corrected chi connectivity index (χ2v) is 3.20. The van der Waals surface area contributed by atoms with Gasteiger partial charge in [-0.15, -0.1) is 0 Å². The maximum atomic E-state index is 3.62. The minimum atomic E-state index is 1.14. The summed E-state index contributed by atoms with van der Waals surface area (Å²) in [4.78, 5) is 2.27. The van der Waals surface area contributed by atoms with Gasteiger partial charge < -0.3 is 4.90 Å². The highest BCUT2D eigenvalue weighted by molar-refractivity contribution is 5.13. The third-order valence-corrected chi connectivity index (χ3v) is 2.03. The van der Waals surface area contributed by atoms with E-state index >= 15 is 0 Å². The first-order valence-electron chi connectivity index (χ1n) is 4.89. The van der Waals surface area contributed by atoms with Gasteiger partial charge in [-0.1, -0.05) is 38.2 Å². The van der Waals surface area contributed by atoms with Gasteiger partial charge in [-0.25, -0.2) is 0 Å². The smallest absolute Gasteiger partial charge is 0.0171 e. The van der Waals surface area contributed by atoms with Crippen molar-refractivity contribution in [2.45, 2.75) is 26.7 Å². The molecule has 74 valence electrons. The highest BCUT2D eigenvalue weighted by atomic mass is 15.1. The Balaban J connectivity index is 3.92. The molecule has 0 aromatic heterocycles. The van der Waals surface area contributed by atoms with E-state index in [-0.39, 0.29) is 0 Å². The molecule has 0 rings (SSSR count). The molecule has 0 bridgehead atoms. The zero-order chi connectivity index (χ0) is 10.1. The van der Waals surface area contributed by atoms with Crippen LogP contribution < -0.4 is 0 Å². The van der Waals surface area contributed by atoms with Crippen molar-refractivity contribution in [3.8, 4) is 0 Å². The quantitative estimate of drug-likeness (QED) is 0.565. The Labute approximate surface area is 82.4 Å². The summed E-state index contributed by atoms with van der Waals surface area (Å²) in [6, 6.07) is 0. The van der Waals surface area contributed by atoms with Gasteiger partial charge in [0, 0.05) is 19.3 Å². The van der Waals surface area contributed by atoms with Crippen molar-refractivity contribution in [3.63, 3.8) is 0 Å². The lowest BCUT2D eigenvalue weighted by Gasteiger charge is -2.18. The fourth-order valence-electron chi connectivity index (χ4n) is 0.972. The molecule has 0 N–H and O–H groups in total. The Hall–Kier alpha value is -0.980. The van der Waals surface area contributed by atoms with E-state index in [4.69, 9.17) is 0 Å². The zero-order valence-electron chi connectivity index (χ0n) is 9.09. The minimum absolute atomic E-state index is 1.14. The van der Waals surface area contributed by atoms with Crippen LogP contribution in [-0.4, -0.2) is 18.5 Å². The second kappa shape index (κ2) is 7.66. The van der Waals surface area contributed by atoms with E-state index in [2.05, 4.69) is 38.5 Å². The molecule has 1 nitrogen and oxygen atoms in total. The van der Waals surface area contributed by atoms with Crippen LogP contribution in [0, 0.1) is 0 Å². The van der Waals surface area contributed by atoms with E-state index in [0.29, 0.717) is 0 Å². The van der Waals surface area contributed by atoms with Crippen LogP contribution in [-0.2, 0) is 0 Å². The normalized spacial score (nSPS) is 12.1. The molecule has 0 unspecified atom stereocenters. The SMILES string of the molecule is C=C/C=C\C=C(\C)N(C)CCCC. The lowest BCUT2D eigenvalue weighted by Crippen LogP contribution is -2.16. The largest absolute Gasteiger partial charge is 0.378 e. The molecule has 0 spiro atoms. The van der Waals surface area contributed by atoms with E-state index in [1.54, 1.807) is 6.08 Å². The number of nitrogens with zero attached hydrogens (tertiary/aromatic N) is 1. The van der Waals surface area contributed by atoms with E-state index in [0.717, 1.165) is 6.54 Å². The topological polar surface area (TPSA) is 3.24 Å². The maximum Gasteiger partial charge on any atom is 0.0171 e. The minimum Gasteiger partial charge on any atom is -0.378 e. The zero-order valence-corrected chi connectivity index (χ0v) is 9.09. The monoisotopic (exact) mass is 179 g/mol. The maximum absolute atomic E-state index is 3.62. The van der Waals surface area contributed by atoms with Gasteiger partial charge in [-0.05, 0) is 19.4 Å². The molecule has 0 aliphatic rings. The van der Waals surface area contributed by atoms with Gasteiger partial charge in [-0.3, -0.25) is 0 Å². The molecule has 0 heterocycles. The summed E-state index contributed by atoms with van der Waals surface area (Å²) in [5.74, 6) is 0. The average molecular weight is 179 g/mol. The lowest BCUT2D eigenvalue weighted by atomic mass is 10.3. The van der Waals surface area contributed by atoms with Gasteiger partial charge in [0.2, 0.25) is 0 Å². The molecule has 0 aromatic carbocycles. The molecular weight excluding hydrogens is 158 g/mol. The van der Waals surface area contributed by atoms with Crippen molar-refractivity contribution in [2.24, 2.45) is 0 Å². The molecule has 0 saturated carbocycles. The van der Waals surface area contributed by atoms with Crippen molar-refractivity contribution in [2.75, 3.05) is 13.6 Å². The fourth-order valence-corrected chi connectivity index (χ4v) is 0.972. The van der Waals surface area contributed by atoms with E-state index < -0.39 is 0 Å². The van der Waals surface area contributed by atoms with E-state index in [1.165, 1.54) is 18.5 Å². The summed E-state index contributed by atoms with van der Waals surface area (Å²) in [7, 11) is 2.13. The first-order valence-corrected chi connectivity index (χ1v) is 4.89. The molecule has 0 aliphatic carbocycles. The number of unbranched alkanes of at least 4 members (excludes halogenated alkanes) is 1. The van der Waals surface area contributed by atoms with Gasteiger partial charge >= 0.3 is 0 Å². The summed E-state index contributed by atoms with van der Waals surface area (Å²) < 4.78 is 0. The van der Waals surface area contributed by atoms with Gasteiger partial charge in [-0.2, -0.15) is 0 Å². The van der Waals surface area contributed by atoms with E-state index in [9.17, 15) is 0 Å². The van der Waals surface area contributed by atoms with Crippen LogP contribution >= 0.6 is 0 Å². The molecule has 0 fully saturated rings. The molecule has 1 heteroatoms. The standard InChI is InChI=1S/C12H21N/c1-5-7-9-10-12(3)13(4)11-8-6-2/h5,7,9-10H,1,6,8,11H2,2-4H3/b9-7-,12-10-. The van der Waals surface area contributed by atoms with Crippen LogP contribution in [0.3, 0.4) is 0 Å². The summed E-state index contributed by atoms with van der Waals surface area (Å²) in [5, 5.41) is 0. The molecule has 0 atom stereocenters. The Morgan fingerprint density at radius 3 is 2.62 bits per heavy atom. The van der Waals surface area contributed by atoms with Crippen molar-refractivity contribution in [3.05, 3.63) is 36.6 Å². The van der Waals surface area contributed by atoms with Crippen LogP contribution in [0.1, 0.15) is 26.7 Å². The predicted octanol–water partition coefficient (Wildman–Crippen LogP) is 3.36. The molecule has 0 saturated heterocycles. The highest BCUT2D eigenvalue weighted by Gasteiger charge is 1.95. The first kappa shape index (κ1) is 12.0. The molecule has 0 amide bonds. The lowest BCUT2D eigenvalue weighted by molar-refractivity contribution is 0.407. The Morgan fingerprint density at radius 1 is 1.38 bits per heavy atom.